The first-order valence-corrected chi connectivity index (χ1v) is 7.83. The Hall–Kier alpha value is -2.28. The number of hydrogen-bond acceptors (Lipinski definition) is 6. The SMILES string of the molecule is CCc1nc(Sc2nc(-c3cccnc3)nc(C)c2C)n[nH]1. The molecule has 112 valence electrons. The summed E-state index contributed by atoms with van der Waals surface area (Å²) in [6.07, 6.45) is 4.33. The summed E-state index contributed by atoms with van der Waals surface area (Å²) in [4.78, 5) is 17.8. The molecule has 22 heavy (non-hydrogen) atoms. The zero-order chi connectivity index (χ0) is 15.5. The van der Waals surface area contributed by atoms with E-state index in [0.29, 0.717) is 11.0 Å². The predicted octanol–water partition coefficient (Wildman–Crippen LogP) is 2.99. The third kappa shape index (κ3) is 2.99. The van der Waals surface area contributed by atoms with Crippen LogP contribution in [0.15, 0.2) is 34.7 Å². The van der Waals surface area contributed by atoms with Crippen LogP contribution < -0.4 is 0 Å². The van der Waals surface area contributed by atoms with Gasteiger partial charge in [-0.15, -0.1) is 5.10 Å². The summed E-state index contributed by atoms with van der Waals surface area (Å²) >= 11 is 1.45. The van der Waals surface area contributed by atoms with Gasteiger partial charge in [-0.05, 0) is 37.7 Å². The molecule has 3 rings (SSSR count). The molecule has 3 aromatic rings. The van der Waals surface area contributed by atoms with E-state index in [9.17, 15) is 0 Å². The van der Waals surface area contributed by atoms with Gasteiger partial charge in [-0.3, -0.25) is 10.1 Å². The monoisotopic (exact) mass is 312 g/mol. The molecule has 0 saturated carbocycles. The van der Waals surface area contributed by atoms with E-state index >= 15 is 0 Å². The minimum atomic E-state index is 0.671. The zero-order valence-corrected chi connectivity index (χ0v) is 13.5. The number of rotatable bonds is 4. The number of nitrogens with one attached hydrogen (secondary N) is 1. The number of pyridine rings is 1. The van der Waals surface area contributed by atoms with Crippen LogP contribution >= 0.6 is 11.8 Å². The molecule has 0 aromatic carbocycles. The fourth-order valence-corrected chi connectivity index (χ4v) is 2.75. The quantitative estimate of drug-likeness (QED) is 0.746. The van der Waals surface area contributed by atoms with Gasteiger partial charge in [-0.25, -0.2) is 15.0 Å². The molecule has 0 fully saturated rings. The lowest BCUT2D eigenvalue weighted by Crippen LogP contribution is -1.99. The van der Waals surface area contributed by atoms with E-state index in [1.54, 1.807) is 12.4 Å². The Labute approximate surface area is 132 Å². The van der Waals surface area contributed by atoms with Gasteiger partial charge >= 0.3 is 0 Å². The Balaban J connectivity index is 1.98. The van der Waals surface area contributed by atoms with E-state index in [2.05, 4.69) is 30.1 Å². The minimum absolute atomic E-state index is 0.671. The topological polar surface area (TPSA) is 80.2 Å². The normalized spacial score (nSPS) is 10.9. The molecule has 0 spiro atoms. The van der Waals surface area contributed by atoms with Gasteiger partial charge in [-0.2, -0.15) is 0 Å². The molecule has 1 N–H and O–H groups in total. The molecule has 0 aliphatic rings. The minimum Gasteiger partial charge on any atom is -0.264 e. The summed E-state index contributed by atoms with van der Waals surface area (Å²) in [6.45, 7) is 6.03. The smallest absolute Gasteiger partial charge is 0.214 e. The summed E-state index contributed by atoms with van der Waals surface area (Å²) < 4.78 is 0. The molecule has 0 aliphatic heterocycles. The van der Waals surface area contributed by atoms with Crippen LogP contribution in [0.1, 0.15) is 24.0 Å². The van der Waals surface area contributed by atoms with E-state index in [1.807, 2.05) is 32.9 Å². The van der Waals surface area contributed by atoms with Crippen LogP contribution in [0.2, 0.25) is 0 Å². The number of aromatic nitrogens is 6. The third-order valence-electron chi connectivity index (χ3n) is 3.30. The highest BCUT2D eigenvalue weighted by atomic mass is 32.2. The maximum absolute atomic E-state index is 4.65. The van der Waals surface area contributed by atoms with E-state index in [4.69, 9.17) is 0 Å². The second-order valence-corrected chi connectivity index (χ2v) is 5.78. The summed E-state index contributed by atoms with van der Waals surface area (Å²) in [5.41, 5.74) is 2.89. The second kappa shape index (κ2) is 6.23. The highest BCUT2D eigenvalue weighted by Crippen LogP contribution is 2.29. The number of aryl methyl sites for hydroxylation is 2. The van der Waals surface area contributed by atoms with Gasteiger partial charge < -0.3 is 0 Å². The largest absolute Gasteiger partial charge is 0.264 e. The van der Waals surface area contributed by atoms with Crippen LogP contribution in [-0.2, 0) is 6.42 Å². The maximum atomic E-state index is 4.65. The highest BCUT2D eigenvalue weighted by molar-refractivity contribution is 7.99. The van der Waals surface area contributed by atoms with Gasteiger partial charge in [0.1, 0.15) is 10.9 Å². The van der Waals surface area contributed by atoms with Gasteiger partial charge in [0.15, 0.2) is 5.82 Å². The lowest BCUT2D eigenvalue weighted by Gasteiger charge is -2.08. The van der Waals surface area contributed by atoms with Crippen molar-refractivity contribution in [3.63, 3.8) is 0 Å². The van der Waals surface area contributed by atoms with Crippen LogP contribution in [-0.4, -0.2) is 30.1 Å². The van der Waals surface area contributed by atoms with E-state index in [1.165, 1.54) is 11.8 Å². The lowest BCUT2D eigenvalue weighted by molar-refractivity contribution is 0.935. The van der Waals surface area contributed by atoms with Crippen molar-refractivity contribution in [2.75, 3.05) is 0 Å². The van der Waals surface area contributed by atoms with Crippen LogP contribution in [0.3, 0.4) is 0 Å². The van der Waals surface area contributed by atoms with Crippen molar-refractivity contribution >= 4 is 11.8 Å². The molecule has 3 aromatic heterocycles. The Morgan fingerprint density at radius 3 is 2.73 bits per heavy atom. The van der Waals surface area contributed by atoms with Crippen LogP contribution in [0.5, 0.6) is 0 Å². The fraction of sp³-hybridized carbons (Fsp3) is 0.267. The molecule has 0 bridgehead atoms. The summed E-state index contributed by atoms with van der Waals surface area (Å²) in [6, 6.07) is 3.83. The molecule has 0 unspecified atom stereocenters. The van der Waals surface area contributed by atoms with Crippen LogP contribution in [0.25, 0.3) is 11.4 Å². The van der Waals surface area contributed by atoms with Crippen molar-refractivity contribution in [1.29, 1.82) is 0 Å². The van der Waals surface area contributed by atoms with Crippen molar-refractivity contribution < 1.29 is 0 Å². The van der Waals surface area contributed by atoms with Crippen molar-refractivity contribution in [2.24, 2.45) is 0 Å². The molecule has 0 aliphatic carbocycles. The number of nitrogens with zero attached hydrogens (tertiary/aromatic N) is 5. The van der Waals surface area contributed by atoms with Gasteiger partial charge in [0.25, 0.3) is 0 Å². The molecule has 0 amide bonds. The van der Waals surface area contributed by atoms with Crippen molar-refractivity contribution in [3.8, 4) is 11.4 Å². The highest BCUT2D eigenvalue weighted by Gasteiger charge is 2.13. The third-order valence-corrected chi connectivity index (χ3v) is 4.25. The molecule has 0 radical (unpaired) electrons. The van der Waals surface area contributed by atoms with Gasteiger partial charge in [-0.1, -0.05) is 6.92 Å². The fourth-order valence-electron chi connectivity index (χ4n) is 1.89. The molecule has 6 nitrogen and oxygen atoms in total. The average Bonchev–Trinajstić information content (AvgIpc) is 3.00. The van der Waals surface area contributed by atoms with E-state index < -0.39 is 0 Å². The Bertz CT molecular complexity index is 784. The standard InChI is InChI=1S/C15H16N6S/c1-4-12-18-15(21-20-12)22-14-9(2)10(3)17-13(19-14)11-6-5-7-16-8-11/h5-8H,4H2,1-3H3,(H,18,20,21). The van der Waals surface area contributed by atoms with Crippen molar-refractivity contribution in [2.45, 2.75) is 37.4 Å². The van der Waals surface area contributed by atoms with Crippen LogP contribution in [0.4, 0.5) is 0 Å². The Kier molecular flexibility index (Phi) is 4.15. The Morgan fingerprint density at radius 1 is 1.18 bits per heavy atom. The zero-order valence-electron chi connectivity index (χ0n) is 12.7. The molecule has 3 heterocycles. The average molecular weight is 312 g/mol. The van der Waals surface area contributed by atoms with Crippen molar-refractivity contribution in [1.82, 2.24) is 30.1 Å². The van der Waals surface area contributed by atoms with E-state index in [-0.39, 0.29) is 0 Å². The number of aromatic amines is 1. The molecular formula is C15H16N6S. The predicted molar refractivity (Wildman–Crippen MR) is 84.6 cm³/mol. The summed E-state index contributed by atoms with van der Waals surface area (Å²) in [5, 5.41) is 8.67. The number of hydrogen-bond donors (Lipinski definition) is 1. The van der Waals surface area contributed by atoms with Crippen LogP contribution in [0, 0.1) is 13.8 Å². The summed E-state index contributed by atoms with van der Waals surface area (Å²) in [7, 11) is 0. The second-order valence-electron chi connectivity index (χ2n) is 4.82. The maximum Gasteiger partial charge on any atom is 0.214 e. The lowest BCUT2D eigenvalue weighted by atomic mass is 10.2. The van der Waals surface area contributed by atoms with Gasteiger partial charge in [0.05, 0.1) is 0 Å². The first kappa shape index (κ1) is 14.6. The number of H-pyrrole nitrogens is 1. The molecule has 0 saturated heterocycles. The first-order valence-electron chi connectivity index (χ1n) is 7.02. The van der Waals surface area contributed by atoms with Crippen molar-refractivity contribution in [3.05, 3.63) is 41.6 Å². The van der Waals surface area contributed by atoms with E-state index in [0.717, 1.165) is 34.1 Å². The summed E-state index contributed by atoms with van der Waals surface area (Å²) in [5.74, 6) is 1.54. The van der Waals surface area contributed by atoms with Gasteiger partial charge in [0.2, 0.25) is 5.16 Å². The molecule has 7 heteroatoms. The van der Waals surface area contributed by atoms with Gasteiger partial charge in [0, 0.05) is 35.6 Å². The molecular weight excluding hydrogens is 296 g/mol. The first-order chi connectivity index (χ1) is 10.7. The Morgan fingerprint density at radius 2 is 2.05 bits per heavy atom. The molecule has 0 atom stereocenters.